The Morgan fingerprint density at radius 3 is 2.37 bits per heavy atom. The molecule has 106 valence electrons. The minimum absolute atomic E-state index is 0.383. The number of alkyl carbamates (subject to hydrolysis) is 1. The van der Waals surface area contributed by atoms with E-state index in [-0.39, 0.29) is 0 Å². The second-order valence-electron chi connectivity index (χ2n) is 5.88. The van der Waals surface area contributed by atoms with Crippen molar-refractivity contribution < 1.29 is 9.53 Å². The van der Waals surface area contributed by atoms with Crippen molar-refractivity contribution in [3.63, 3.8) is 0 Å². The Bertz CT molecular complexity index is 488. The molecule has 0 atom stereocenters. The molecular formula is C15H24N2O2. The van der Waals surface area contributed by atoms with Gasteiger partial charge in [-0.25, -0.2) is 4.79 Å². The average molecular weight is 264 g/mol. The van der Waals surface area contributed by atoms with Crippen molar-refractivity contribution in [2.45, 2.75) is 53.7 Å². The first-order valence-electron chi connectivity index (χ1n) is 6.44. The van der Waals surface area contributed by atoms with Gasteiger partial charge < -0.3 is 15.8 Å². The third-order valence-electron chi connectivity index (χ3n) is 3.04. The molecule has 0 saturated heterocycles. The summed E-state index contributed by atoms with van der Waals surface area (Å²) in [5.41, 5.74) is 10.6. The highest BCUT2D eigenvalue weighted by atomic mass is 16.6. The molecule has 1 rings (SSSR count). The average Bonchev–Trinajstić information content (AvgIpc) is 2.23. The molecule has 1 aromatic carbocycles. The van der Waals surface area contributed by atoms with Crippen LogP contribution >= 0.6 is 0 Å². The summed E-state index contributed by atoms with van der Waals surface area (Å²) in [6.07, 6.45) is -0.426. The molecule has 0 aromatic heterocycles. The van der Waals surface area contributed by atoms with Crippen molar-refractivity contribution in [1.29, 1.82) is 0 Å². The zero-order chi connectivity index (χ0) is 14.8. The zero-order valence-electron chi connectivity index (χ0n) is 12.7. The van der Waals surface area contributed by atoms with Gasteiger partial charge in [0.15, 0.2) is 0 Å². The van der Waals surface area contributed by atoms with Gasteiger partial charge in [-0.05, 0) is 63.8 Å². The molecule has 0 aliphatic heterocycles. The number of carbonyl (C=O) groups excluding carboxylic acids is 1. The number of carbonyl (C=O) groups is 1. The molecule has 1 amide bonds. The smallest absolute Gasteiger partial charge is 0.407 e. The highest BCUT2D eigenvalue weighted by Crippen LogP contribution is 2.24. The van der Waals surface area contributed by atoms with Crippen molar-refractivity contribution in [2.75, 3.05) is 5.73 Å². The molecule has 0 heterocycles. The Kier molecular flexibility index (Phi) is 4.45. The van der Waals surface area contributed by atoms with Gasteiger partial charge in [0.05, 0.1) is 0 Å². The van der Waals surface area contributed by atoms with Crippen LogP contribution in [0.3, 0.4) is 0 Å². The van der Waals surface area contributed by atoms with Crippen molar-refractivity contribution in [1.82, 2.24) is 5.32 Å². The molecule has 0 aliphatic carbocycles. The Balaban J connectivity index is 2.79. The molecule has 1 aromatic rings. The summed E-state index contributed by atoms with van der Waals surface area (Å²) >= 11 is 0. The maximum atomic E-state index is 11.6. The summed E-state index contributed by atoms with van der Waals surface area (Å²) in [4.78, 5) is 11.6. The van der Waals surface area contributed by atoms with Crippen LogP contribution in [0.25, 0.3) is 0 Å². The van der Waals surface area contributed by atoms with Gasteiger partial charge in [0.1, 0.15) is 5.60 Å². The van der Waals surface area contributed by atoms with E-state index in [2.05, 4.69) is 11.4 Å². The first-order valence-corrected chi connectivity index (χ1v) is 6.44. The third-order valence-corrected chi connectivity index (χ3v) is 3.04. The van der Waals surface area contributed by atoms with E-state index in [1.54, 1.807) is 0 Å². The van der Waals surface area contributed by atoms with E-state index in [0.29, 0.717) is 6.54 Å². The highest BCUT2D eigenvalue weighted by molar-refractivity contribution is 5.69. The van der Waals surface area contributed by atoms with E-state index in [9.17, 15) is 4.79 Å². The molecule has 0 unspecified atom stereocenters. The summed E-state index contributed by atoms with van der Waals surface area (Å²) in [5, 5.41) is 2.74. The molecule has 0 bridgehead atoms. The minimum Gasteiger partial charge on any atom is -0.444 e. The van der Waals surface area contributed by atoms with Gasteiger partial charge in [0.2, 0.25) is 0 Å². The largest absolute Gasteiger partial charge is 0.444 e. The first kappa shape index (κ1) is 15.3. The Morgan fingerprint density at radius 2 is 1.84 bits per heavy atom. The van der Waals surface area contributed by atoms with Crippen LogP contribution in [0, 0.1) is 20.8 Å². The quantitative estimate of drug-likeness (QED) is 0.806. The lowest BCUT2D eigenvalue weighted by atomic mass is 9.98. The van der Waals surface area contributed by atoms with E-state index < -0.39 is 11.7 Å². The first-order chi connectivity index (χ1) is 8.61. The van der Waals surface area contributed by atoms with E-state index >= 15 is 0 Å². The second-order valence-corrected chi connectivity index (χ2v) is 5.88. The minimum atomic E-state index is -0.492. The molecular weight excluding hydrogens is 240 g/mol. The standard InChI is InChI=1S/C15H24N2O2/c1-9-7-10(2)12(13(16)11(9)3)8-17-14(18)19-15(4,5)6/h7H,8,16H2,1-6H3,(H,17,18). The Morgan fingerprint density at radius 1 is 1.26 bits per heavy atom. The number of rotatable bonds is 2. The molecule has 3 N–H and O–H groups in total. The zero-order valence-corrected chi connectivity index (χ0v) is 12.7. The van der Waals surface area contributed by atoms with Crippen LogP contribution in [0.15, 0.2) is 6.07 Å². The van der Waals surface area contributed by atoms with Crippen LogP contribution in [0.5, 0.6) is 0 Å². The maximum absolute atomic E-state index is 11.6. The lowest BCUT2D eigenvalue weighted by Crippen LogP contribution is -2.32. The molecule has 19 heavy (non-hydrogen) atoms. The topological polar surface area (TPSA) is 64.3 Å². The molecule has 0 fully saturated rings. The molecule has 4 nitrogen and oxygen atoms in total. The van der Waals surface area contributed by atoms with Gasteiger partial charge >= 0.3 is 6.09 Å². The van der Waals surface area contributed by atoms with Crippen LogP contribution in [-0.4, -0.2) is 11.7 Å². The van der Waals surface area contributed by atoms with Crippen LogP contribution in [0.1, 0.15) is 43.0 Å². The van der Waals surface area contributed by atoms with Gasteiger partial charge in [0.25, 0.3) is 0 Å². The van der Waals surface area contributed by atoms with Gasteiger partial charge in [0, 0.05) is 12.2 Å². The van der Waals surface area contributed by atoms with E-state index in [1.807, 2.05) is 41.5 Å². The van der Waals surface area contributed by atoms with Crippen LogP contribution in [0.2, 0.25) is 0 Å². The molecule has 0 spiro atoms. The van der Waals surface area contributed by atoms with Gasteiger partial charge in [-0.2, -0.15) is 0 Å². The molecule has 4 heteroatoms. The number of hydrogen-bond acceptors (Lipinski definition) is 3. The van der Waals surface area contributed by atoms with E-state index in [4.69, 9.17) is 10.5 Å². The number of nitrogens with two attached hydrogens (primary N) is 1. The summed E-state index contributed by atoms with van der Waals surface area (Å²) in [6.45, 7) is 11.9. The number of ether oxygens (including phenoxy) is 1. The van der Waals surface area contributed by atoms with Crippen LogP contribution in [-0.2, 0) is 11.3 Å². The summed E-state index contributed by atoms with van der Waals surface area (Å²) in [7, 11) is 0. The molecule has 0 aliphatic rings. The van der Waals surface area contributed by atoms with Gasteiger partial charge in [-0.3, -0.25) is 0 Å². The number of benzene rings is 1. The monoisotopic (exact) mass is 264 g/mol. The molecule has 0 saturated carbocycles. The Labute approximate surface area is 115 Å². The number of amides is 1. The second kappa shape index (κ2) is 5.51. The third kappa shape index (κ3) is 4.16. The fraction of sp³-hybridized carbons (Fsp3) is 0.533. The lowest BCUT2D eigenvalue weighted by Gasteiger charge is -2.20. The fourth-order valence-electron chi connectivity index (χ4n) is 1.88. The SMILES string of the molecule is Cc1cc(C)c(CNC(=O)OC(C)(C)C)c(N)c1C. The van der Waals surface area contributed by atoms with Crippen molar-refractivity contribution in [3.8, 4) is 0 Å². The van der Waals surface area contributed by atoms with Gasteiger partial charge in [-0.1, -0.05) is 6.07 Å². The van der Waals surface area contributed by atoms with Crippen LogP contribution < -0.4 is 11.1 Å². The summed E-state index contributed by atoms with van der Waals surface area (Å²) < 4.78 is 5.20. The lowest BCUT2D eigenvalue weighted by molar-refractivity contribution is 0.0523. The van der Waals surface area contributed by atoms with E-state index in [0.717, 1.165) is 27.9 Å². The van der Waals surface area contributed by atoms with Crippen molar-refractivity contribution >= 4 is 11.8 Å². The predicted molar refractivity (Wildman–Crippen MR) is 78.1 cm³/mol. The number of nitrogen functional groups attached to an aromatic ring is 1. The predicted octanol–water partition coefficient (Wildman–Crippen LogP) is 3.22. The molecule has 0 radical (unpaired) electrons. The van der Waals surface area contributed by atoms with Crippen LogP contribution in [0.4, 0.5) is 10.5 Å². The summed E-state index contributed by atoms with van der Waals surface area (Å²) in [6, 6.07) is 2.08. The summed E-state index contributed by atoms with van der Waals surface area (Å²) in [5.74, 6) is 0. The number of nitrogens with one attached hydrogen (secondary N) is 1. The van der Waals surface area contributed by atoms with Gasteiger partial charge in [-0.15, -0.1) is 0 Å². The maximum Gasteiger partial charge on any atom is 0.407 e. The number of aryl methyl sites for hydroxylation is 2. The van der Waals surface area contributed by atoms with Crippen molar-refractivity contribution in [2.24, 2.45) is 0 Å². The van der Waals surface area contributed by atoms with E-state index in [1.165, 1.54) is 0 Å². The number of hydrogen-bond donors (Lipinski definition) is 2. The van der Waals surface area contributed by atoms with Crippen molar-refractivity contribution in [3.05, 3.63) is 28.3 Å². The highest BCUT2D eigenvalue weighted by Gasteiger charge is 2.16. The normalized spacial score (nSPS) is 11.3. The fourth-order valence-corrected chi connectivity index (χ4v) is 1.88. The Hall–Kier alpha value is -1.71. The number of anilines is 1.